The van der Waals surface area contributed by atoms with Crippen molar-refractivity contribution >= 4 is 29.0 Å². The summed E-state index contributed by atoms with van der Waals surface area (Å²) in [4.78, 5) is 35.7. The van der Waals surface area contributed by atoms with Gasteiger partial charge in [0.05, 0.1) is 10.6 Å². The molecule has 0 atom stereocenters. The van der Waals surface area contributed by atoms with Gasteiger partial charge in [-0.2, -0.15) is 5.10 Å². The van der Waals surface area contributed by atoms with Gasteiger partial charge in [-0.3, -0.25) is 14.9 Å². The third-order valence-corrected chi connectivity index (χ3v) is 5.12. The second-order valence-corrected chi connectivity index (χ2v) is 7.37. The highest BCUT2D eigenvalue weighted by molar-refractivity contribution is 6.32. The molecule has 0 bridgehead atoms. The largest absolute Gasteiger partial charge is 0.454 e. The molecule has 33 heavy (non-hydrogen) atoms. The van der Waals surface area contributed by atoms with Crippen LogP contribution in [0.5, 0.6) is 0 Å². The van der Waals surface area contributed by atoms with Gasteiger partial charge in [-0.05, 0) is 24.3 Å². The van der Waals surface area contributed by atoms with Gasteiger partial charge in [-0.25, -0.2) is 9.48 Å². The van der Waals surface area contributed by atoms with E-state index in [2.05, 4.69) is 5.10 Å². The van der Waals surface area contributed by atoms with E-state index in [0.29, 0.717) is 11.3 Å². The van der Waals surface area contributed by atoms with Gasteiger partial charge in [0.15, 0.2) is 6.61 Å². The molecule has 1 heterocycles. The molecule has 0 unspecified atom stereocenters. The molecular weight excluding hydrogens is 446 g/mol. The summed E-state index contributed by atoms with van der Waals surface area (Å²) in [5.74, 6) is -1.34. The van der Waals surface area contributed by atoms with E-state index < -0.39 is 29.0 Å². The first-order valence-corrected chi connectivity index (χ1v) is 10.2. The maximum absolute atomic E-state index is 12.9. The molecule has 0 amide bonds. The number of halogens is 1. The Labute approximate surface area is 193 Å². The molecule has 0 spiro atoms. The fraction of sp³-hybridized carbons (Fsp3) is 0.0417. The molecule has 0 fully saturated rings. The van der Waals surface area contributed by atoms with Crippen molar-refractivity contribution in [3.8, 4) is 16.9 Å². The SMILES string of the molecule is O=C(COC(=O)c1cn(-c2ccccc2)nc1-c1ccccc1)c1ccc(Cl)c([N+](=O)[O-])c1. The van der Waals surface area contributed by atoms with E-state index in [1.807, 2.05) is 60.7 Å². The van der Waals surface area contributed by atoms with Crippen molar-refractivity contribution in [3.63, 3.8) is 0 Å². The maximum Gasteiger partial charge on any atom is 0.342 e. The number of carbonyl (C=O) groups excluding carboxylic acids is 2. The number of esters is 1. The number of hydrogen-bond acceptors (Lipinski definition) is 6. The zero-order chi connectivity index (χ0) is 23.4. The van der Waals surface area contributed by atoms with E-state index in [1.165, 1.54) is 18.3 Å². The monoisotopic (exact) mass is 461 g/mol. The smallest absolute Gasteiger partial charge is 0.342 e. The number of ether oxygens (including phenoxy) is 1. The van der Waals surface area contributed by atoms with E-state index in [0.717, 1.165) is 11.8 Å². The second kappa shape index (κ2) is 9.46. The normalized spacial score (nSPS) is 10.6. The number of hydrogen-bond donors (Lipinski definition) is 0. The Kier molecular flexibility index (Phi) is 6.28. The Morgan fingerprint density at radius 2 is 1.67 bits per heavy atom. The van der Waals surface area contributed by atoms with Crippen LogP contribution in [0.1, 0.15) is 20.7 Å². The summed E-state index contributed by atoms with van der Waals surface area (Å²) < 4.78 is 6.80. The Bertz CT molecular complexity index is 1340. The van der Waals surface area contributed by atoms with Gasteiger partial charge in [0, 0.05) is 23.4 Å². The molecule has 0 saturated heterocycles. The zero-order valence-corrected chi connectivity index (χ0v) is 17.8. The number of carbonyl (C=O) groups is 2. The summed E-state index contributed by atoms with van der Waals surface area (Å²) in [6, 6.07) is 22.0. The maximum atomic E-state index is 12.9. The number of aromatic nitrogens is 2. The number of benzene rings is 3. The Morgan fingerprint density at radius 1 is 1.00 bits per heavy atom. The molecule has 3 aromatic carbocycles. The molecular formula is C24H16ClN3O5. The minimum absolute atomic E-state index is 0.0159. The molecule has 0 aliphatic rings. The number of ketones is 1. The lowest BCUT2D eigenvalue weighted by Gasteiger charge is -2.05. The van der Waals surface area contributed by atoms with Crippen LogP contribution in [0.2, 0.25) is 5.02 Å². The Hall–Kier alpha value is -4.30. The zero-order valence-electron chi connectivity index (χ0n) is 17.1. The number of nitro benzene ring substituents is 1. The number of para-hydroxylation sites is 1. The molecule has 0 aliphatic heterocycles. The minimum Gasteiger partial charge on any atom is -0.454 e. The lowest BCUT2D eigenvalue weighted by Crippen LogP contribution is -2.14. The van der Waals surface area contributed by atoms with Crippen LogP contribution in [0.25, 0.3) is 16.9 Å². The number of nitrogens with zero attached hydrogens (tertiary/aromatic N) is 3. The number of Topliss-reactive ketones (excluding diaryl/α,β-unsaturated/α-hetero) is 1. The highest BCUT2D eigenvalue weighted by atomic mass is 35.5. The van der Waals surface area contributed by atoms with Crippen molar-refractivity contribution in [3.05, 3.63) is 111 Å². The highest BCUT2D eigenvalue weighted by Crippen LogP contribution is 2.26. The third kappa shape index (κ3) is 4.81. The average molecular weight is 462 g/mol. The first-order chi connectivity index (χ1) is 15.9. The average Bonchev–Trinajstić information content (AvgIpc) is 3.29. The van der Waals surface area contributed by atoms with Crippen LogP contribution < -0.4 is 0 Å². The molecule has 0 saturated carbocycles. The second-order valence-electron chi connectivity index (χ2n) is 6.96. The van der Waals surface area contributed by atoms with Crippen LogP contribution in [0, 0.1) is 10.1 Å². The molecule has 0 N–H and O–H groups in total. The van der Waals surface area contributed by atoms with Crippen molar-refractivity contribution in [1.82, 2.24) is 9.78 Å². The van der Waals surface area contributed by atoms with Gasteiger partial charge in [0.2, 0.25) is 5.78 Å². The van der Waals surface area contributed by atoms with E-state index in [4.69, 9.17) is 16.3 Å². The van der Waals surface area contributed by atoms with Crippen molar-refractivity contribution in [2.45, 2.75) is 0 Å². The van der Waals surface area contributed by atoms with Crippen LogP contribution in [0.4, 0.5) is 5.69 Å². The number of rotatable bonds is 7. The van der Waals surface area contributed by atoms with E-state index in [9.17, 15) is 19.7 Å². The molecule has 4 rings (SSSR count). The van der Waals surface area contributed by atoms with Crippen LogP contribution in [0.15, 0.2) is 85.1 Å². The molecule has 9 heteroatoms. The summed E-state index contributed by atoms with van der Waals surface area (Å²) >= 11 is 5.78. The predicted octanol–water partition coefficient (Wildman–Crippen LogP) is 5.14. The minimum atomic E-state index is -0.743. The summed E-state index contributed by atoms with van der Waals surface area (Å²) in [6.07, 6.45) is 1.54. The standard InChI is InChI=1S/C24H16ClN3O5/c25-20-12-11-17(13-21(20)28(31)32)22(29)15-33-24(30)19-14-27(18-9-5-2-6-10-18)26-23(19)16-7-3-1-4-8-16/h1-14H,15H2. The van der Waals surface area contributed by atoms with E-state index in [1.54, 1.807) is 4.68 Å². The molecule has 4 aromatic rings. The van der Waals surface area contributed by atoms with Crippen LogP contribution in [-0.2, 0) is 4.74 Å². The topological polar surface area (TPSA) is 104 Å². The summed E-state index contributed by atoms with van der Waals surface area (Å²) in [6.45, 7) is -0.595. The van der Waals surface area contributed by atoms with Crippen molar-refractivity contribution < 1.29 is 19.2 Å². The van der Waals surface area contributed by atoms with Gasteiger partial charge >= 0.3 is 5.97 Å². The van der Waals surface area contributed by atoms with Gasteiger partial charge in [-0.1, -0.05) is 60.1 Å². The van der Waals surface area contributed by atoms with Crippen LogP contribution >= 0.6 is 11.6 Å². The van der Waals surface area contributed by atoms with Gasteiger partial charge in [-0.15, -0.1) is 0 Å². The third-order valence-electron chi connectivity index (χ3n) is 4.80. The highest BCUT2D eigenvalue weighted by Gasteiger charge is 2.22. The first kappa shape index (κ1) is 21.9. The van der Waals surface area contributed by atoms with Crippen molar-refractivity contribution in [2.75, 3.05) is 6.61 Å². The molecule has 8 nitrogen and oxygen atoms in total. The number of nitro groups is 1. The molecule has 1 aromatic heterocycles. The first-order valence-electron chi connectivity index (χ1n) is 9.79. The fourth-order valence-electron chi connectivity index (χ4n) is 3.16. The molecule has 164 valence electrons. The Balaban J connectivity index is 1.59. The summed E-state index contributed by atoms with van der Waals surface area (Å²) in [7, 11) is 0. The van der Waals surface area contributed by atoms with Gasteiger partial charge in [0.1, 0.15) is 16.3 Å². The van der Waals surface area contributed by atoms with Gasteiger partial charge < -0.3 is 4.74 Å². The van der Waals surface area contributed by atoms with E-state index >= 15 is 0 Å². The van der Waals surface area contributed by atoms with E-state index in [-0.39, 0.29) is 16.1 Å². The van der Waals surface area contributed by atoms with Crippen molar-refractivity contribution in [2.24, 2.45) is 0 Å². The van der Waals surface area contributed by atoms with Crippen LogP contribution in [0.3, 0.4) is 0 Å². The molecule has 0 aliphatic carbocycles. The molecule has 0 radical (unpaired) electrons. The Morgan fingerprint density at radius 3 is 2.33 bits per heavy atom. The van der Waals surface area contributed by atoms with Crippen molar-refractivity contribution in [1.29, 1.82) is 0 Å². The lowest BCUT2D eigenvalue weighted by atomic mass is 10.1. The van der Waals surface area contributed by atoms with Crippen LogP contribution in [-0.4, -0.2) is 33.1 Å². The predicted molar refractivity (Wildman–Crippen MR) is 122 cm³/mol. The lowest BCUT2D eigenvalue weighted by molar-refractivity contribution is -0.384. The van der Waals surface area contributed by atoms with Gasteiger partial charge in [0.25, 0.3) is 5.69 Å². The quantitative estimate of drug-likeness (QED) is 0.163. The fourth-order valence-corrected chi connectivity index (χ4v) is 3.35. The summed E-state index contributed by atoms with van der Waals surface area (Å²) in [5, 5.41) is 15.5. The summed E-state index contributed by atoms with van der Waals surface area (Å²) in [5.41, 5.74) is 1.66.